The maximum atomic E-state index is 5.80. The minimum atomic E-state index is 0.0720. The Balaban J connectivity index is 2.03. The summed E-state index contributed by atoms with van der Waals surface area (Å²) in [7, 11) is 0. The smallest absolute Gasteiger partial charge is 0.157 e. The molecule has 1 saturated heterocycles. The molecule has 1 heterocycles. The second kappa shape index (κ2) is 7.66. The molecule has 0 aromatic rings. The molecule has 1 rings (SSSR count). The summed E-state index contributed by atoms with van der Waals surface area (Å²) in [5.41, 5.74) is 0. The number of hydrogen-bond donors (Lipinski definition) is 0. The molecule has 0 saturated carbocycles. The van der Waals surface area contributed by atoms with E-state index in [1.165, 1.54) is 25.7 Å². The first-order valence-corrected chi connectivity index (χ1v) is 6.78. The average Bonchev–Trinajstić information content (AvgIpc) is 2.20. The van der Waals surface area contributed by atoms with Crippen LogP contribution in [0.1, 0.15) is 45.4 Å². The van der Waals surface area contributed by atoms with Gasteiger partial charge in [0, 0.05) is 11.9 Å². The first-order chi connectivity index (χ1) is 6.83. The van der Waals surface area contributed by atoms with Crippen LogP contribution >= 0.6 is 15.9 Å². The topological polar surface area (TPSA) is 18.5 Å². The van der Waals surface area contributed by atoms with Crippen molar-refractivity contribution in [2.45, 2.75) is 57.8 Å². The minimum Gasteiger partial charge on any atom is -0.353 e. The molecule has 0 N–H and O–H groups in total. The van der Waals surface area contributed by atoms with Gasteiger partial charge in [-0.25, -0.2) is 0 Å². The first-order valence-electron chi connectivity index (χ1n) is 5.66. The molecule has 1 aliphatic rings. The lowest BCUT2D eigenvalue weighted by Crippen LogP contribution is -2.26. The zero-order valence-electron chi connectivity index (χ0n) is 9.01. The Morgan fingerprint density at radius 1 is 1.43 bits per heavy atom. The molecule has 0 radical (unpaired) electrons. The molecule has 0 aromatic carbocycles. The van der Waals surface area contributed by atoms with E-state index in [0.717, 1.165) is 24.8 Å². The third-order valence-corrected chi connectivity index (χ3v) is 3.08. The fraction of sp³-hybridized carbons (Fsp3) is 1.00. The van der Waals surface area contributed by atoms with Gasteiger partial charge < -0.3 is 9.47 Å². The molecule has 1 fully saturated rings. The van der Waals surface area contributed by atoms with Gasteiger partial charge in [-0.1, -0.05) is 22.4 Å². The highest BCUT2D eigenvalue weighted by Gasteiger charge is 2.16. The van der Waals surface area contributed by atoms with E-state index in [1.54, 1.807) is 0 Å². The van der Waals surface area contributed by atoms with Gasteiger partial charge in [0.2, 0.25) is 0 Å². The van der Waals surface area contributed by atoms with Crippen LogP contribution in [0.2, 0.25) is 0 Å². The fourth-order valence-corrected chi connectivity index (χ4v) is 2.07. The van der Waals surface area contributed by atoms with Crippen molar-refractivity contribution in [1.29, 1.82) is 0 Å². The van der Waals surface area contributed by atoms with Crippen molar-refractivity contribution >= 4 is 15.9 Å². The largest absolute Gasteiger partial charge is 0.353 e. The number of alkyl halides is 1. The minimum absolute atomic E-state index is 0.0720. The van der Waals surface area contributed by atoms with E-state index in [9.17, 15) is 0 Å². The van der Waals surface area contributed by atoms with Crippen molar-refractivity contribution in [3.8, 4) is 0 Å². The lowest BCUT2D eigenvalue weighted by Gasteiger charge is -2.26. The third-order valence-electron chi connectivity index (χ3n) is 2.52. The summed E-state index contributed by atoms with van der Waals surface area (Å²) >= 11 is 3.43. The van der Waals surface area contributed by atoms with Crippen molar-refractivity contribution in [1.82, 2.24) is 0 Å². The second-order valence-electron chi connectivity index (χ2n) is 3.93. The zero-order chi connectivity index (χ0) is 10.2. The third kappa shape index (κ3) is 5.32. The van der Waals surface area contributed by atoms with Crippen LogP contribution in [0, 0.1) is 0 Å². The van der Waals surface area contributed by atoms with Gasteiger partial charge >= 0.3 is 0 Å². The molecule has 0 aliphatic carbocycles. The molecule has 2 atom stereocenters. The molecule has 0 amide bonds. The molecular weight excluding hydrogens is 244 g/mol. The molecule has 2 nitrogen and oxygen atoms in total. The Morgan fingerprint density at radius 3 is 2.93 bits per heavy atom. The maximum Gasteiger partial charge on any atom is 0.157 e. The summed E-state index contributed by atoms with van der Waals surface area (Å²) in [6.07, 6.45) is 7.54. The van der Waals surface area contributed by atoms with E-state index in [-0.39, 0.29) is 6.29 Å². The molecule has 1 unspecified atom stereocenters. The van der Waals surface area contributed by atoms with Crippen LogP contribution in [0.5, 0.6) is 0 Å². The number of unbranched alkanes of at least 4 members (excludes halogenated alkanes) is 1. The Bertz CT molecular complexity index is 135. The van der Waals surface area contributed by atoms with Gasteiger partial charge in [0.15, 0.2) is 6.29 Å². The van der Waals surface area contributed by atoms with Gasteiger partial charge in [-0.2, -0.15) is 0 Å². The van der Waals surface area contributed by atoms with Crippen molar-refractivity contribution in [2.24, 2.45) is 0 Å². The summed E-state index contributed by atoms with van der Waals surface area (Å²) in [5, 5.41) is 1.10. The quantitative estimate of drug-likeness (QED) is 0.540. The average molecular weight is 265 g/mol. The fourth-order valence-electron chi connectivity index (χ4n) is 1.67. The predicted molar refractivity (Wildman–Crippen MR) is 61.8 cm³/mol. The van der Waals surface area contributed by atoms with Gasteiger partial charge in [-0.05, 0) is 39.0 Å². The van der Waals surface area contributed by atoms with Gasteiger partial charge in [0.05, 0.1) is 6.10 Å². The Hall–Kier alpha value is 0.400. The van der Waals surface area contributed by atoms with Crippen LogP contribution < -0.4 is 0 Å². The predicted octanol–water partition coefficient (Wildman–Crippen LogP) is 3.48. The number of halogens is 1. The second-order valence-corrected chi connectivity index (χ2v) is 4.72. The molecule has 3 heteroatoms. The summed E-state index contributed by atoms with van der Waals surface area (Å²) in [6.45, 7) is 3.02. The van der Waals surface area contributed by atoms with E-state index in [4.69, 9.17) is 9.47 Å². The van der Waals surface area contributed by atoms with Crippen LogP contribution in [-0.4, -0.2) is 24.3 Å². The lowest BCUT2D eigenvalue weighted by atomic mass is 10.1. The molecule has 0 aromatic heterocycles. The van der Waals surface area contributed by atoms with Crippen molar-refractivity contribution in [2.75, 3.05) is 11.9 Å². The molecule has 84 valence electrons. The Kier molecular flexibility index (Phi) is 6.82. The van der Waals surface area contributed by atoms with Crippen LogP contribution in [0.15, 0.2) is 0 Å². The van der Waals surface area contributed by atoms with E-state index < -0.39 is 0 Å². The SMILES string of the molecule is C[C@@H](CCCCBr)OC1CCCCO1. The van der Waals surface area contributed by atoms with Crippen molar-refractivity contribution in [3.63, 3.8) is 0 Å². The Labute approximate surface area is 95.5 Å². The highest BCUT2D eigenvalue weighted by Crippen LogP contribution is 2.17. The summed E-state index contributed by atoms with van der Waals surface area (Å²) in [5.74, 6) is 0. The van der Waals surface area contributed by atoms with E-state index in [0.29, 0.717) is 6.10 Å². The van der Waals surface area contributed by atoms with Crippen LogP contribution in [0.25, 0.3) is 0 Å². The standard InChI is InChI=1S/C11H21BrO2/c1-10(6-2-4-8-12)14-11-7-3-5-9-13-11/h10-11H,2-9H2,1H3/t10-,11?/m0/s1. The van der Waals surface area contributed by atoms with E-state index in [2.05, 4.69) is 22.9 Å². The monoisotopic (exact) mass is 264 g/mol. The van der Waals surface area contributed by atoms with E-state index in [1.807, 2.05) is 0 Å². The molecular formula is C11H21BrO2. The molecule has 14 heavy (non-hydrogen) atoms. The summed E-state index contributed by atoms with van der Waals surface area (Å²) in [6, 6.07) is 0. The maximum absolute atomic E-state index is 5.80. The van der Waals surface area contributed by atoms with Gasteiger partial charge in [-0.15, -0.1) is 0 Å². The summed E-state index contributed by atoms with van der Waals surface area (Å²) < 4.78 is 11.3. The van der Waals surface area contributed by atoms with Crippen molar-refractivity contribution < 1.29 is 9.47 Å². The molecule has 1 aliphatic heterocycles. The van der Waals surface area contributed by atoms with Gasteiger partial charge in [0.1, 0.15) is 0 Å². The van der Waals surface area contributed by atoms with E-state index >= 15 is 0 Å². The van der Waals surface area contributed by atoms with Gasteiger partial charge in [-0.3, -0.25) is 0 Å². The summed E-state index contributed by atoms with van der Waals surface area (Å²) in [4.78, 5) is 0. The highest BCUT2D eigenvalue weighted by molar-refractivity contribution is 9.09. The van der Waals surface area contributed by atoms with Crippen molar-refractivity contribution in [3.05, 3.63) is 0 Å². The highest BCUT2D eigenvalue weighted by atomic mass is 79.9. The number of ether oxygens (including phenoxy) is 2. The van der Waals surface area contributed by atoms with Crippen LogP contribution in [0.4, 0.5) is 0 Å². The molecule has 0 bridgehead atoms. The zero-order valence-corrected chi connectivity index (χ0v) is 10.6. The normalized spacial score (nSPS) is 24.9. The Morgan fingerprint density at radius 2 is 2.29 bits per heavy atom. The lowest BCUT2D eigenvalue weighted by molar-refractivity contribution is -0.185. The van der Waals surface area contributed by atoms with Crippen LogP contribution in [0.3, 0.4) is 0 Å². The molecule has 0 spiro atoms. The first kappa shape index (κ1) is 12.5. The van der Waals surface area contributed by atoms with Gasteiger partial charge in [0.25, 0.3) is 0 Å². The number of rotatable bonds is 6. The number of hydrogen-bond acceptors (Lipinski definition) is 2. The van der Waals surface area contributed by atoms with Crippen LogP contribution in [-0.2, 0) is 9.47 Å².